The molecule has 0 radical (unpaired) electrons. The number of hydrogen-bond donors (Lipinski definition) is 0. The summed E-state index contributed by atoms with van der Waals surface area (Å²) < 4.78 is 0.956. The van der Waals surface area contributed by atoms with Crippen LogP contribution in [0, 0.1) is 5.92 Å². The van der Waals surface area contributed by atoms with E-state index in [4.69, 9.17) is 0 Å². The molecule has 0 atom stereocenters. The van der Waals surface area contributed by atoms with Crippen molar-refractivity contribution in [3.63, 3.8) is 0 Å². The summed E-state index contributed by atoms with van der Waals surface area (Å²) in [7, 11) is 1.90. The van der Waals surface area contributed by atoms with Crippen LogP contribution in [-0.4, -0.2) is 24.4 Å². The first-order chi connectivity index (χ1) is 8.16. The van der Waals surface area contributed by atoms with Gasteiger partial charge in [0.05, 0.1) is 0 Å². The molecule has 2 nitrogen and oxygen atoms in total. The highest BCUT2D eigenvalue weighted by Gasteiger charge is 2.20. The highest BCUT2D eigenvalue weighted by Crippen LogP contribution is 2.25. The minimum Gasteiger partial charge on any atom is -0.341 e. The summed E-state index contributed by atoms with van der Waals surface area (Å²) in [6.07, 6.45) is 5.19. The molecule has 0 saturated heterocycles. The van der Waals surface area contributed by atoms with Gasteiger partial charge in [0.2, 0.25) is 0 Å². The number of hydrogen-bond acceptors (Lipinski definition) is 1. The summed E-state index contributed by atoms with van der Waals surface area (Å²) in [5.41, 5.74) is 0.764. The van der Waals surface area contributed by atoms with Crippen LogP contribution in [-0.2, 0) is 0 Å². The Morgan fingerprint density at radius 2 is 2.12 bits per heavy atom. The lowest BCUT2D eigenvalue weighted by Crippen LogP contribution is -2.31. The second-order valence-corrected chi connectivity index (χ2v) is 5.76. The Morgan fingerprint density at radius 1 is 1.41 bits per heavy atom. The molecule has 92 valence electrons. The second-order valence-electron chi connectivity index (χ2n) is 4.85. The summed E-state index contributed by atoms with van der Waals surface area (Å²) in [6.45, 7) is 0.894. The molecule has 17 heavy (non-hydrogen) atoms. The number of amides is 1. The molecular weight excluding hydrogens is 278 g/mol. The zero-order chi connectivity index (χ0) is 12.3. The molecule has 0 unspecified atom stereocenters. The van der Waals surface area contributed by atoms with E-state index in [2.05, 4.69) is 15.9 Å². The lowest BCUT2D eigenvalue weighted by atomic mass is 10.1. The van der Waals surface area contributed by atoms with Crippen molar-refractivity contribution in [1.29, 1.82) is 0 Å². The molecule has 0 aromatic heterocycles. The fraction of sp³-hybridized carbons (Fsp3) is 0.500. The molecule has 1 aromatic rings. The first kappa shape index (κ1) is 12.6. The molecular formula is C14H18BrNO. The van der Waals surface area contributed by atoms with Gasteiger partial charge >= 0.3 is 0 Å². The first-order valence-electron chi connectivity index (χ1n) is 6.18. The Morgan fingerprint density at radius 3 is 2.76 bits per heavy atom. The maximum atomic E-state index is 12.2. The predicted molar refractivity (Wildman–Crippen MR) is 73.1 cm³/mol. The average Bonchev–Trinajstić information content (AvgIpc) is 2.80. The third-order valence-corrected chi connectivity index (χ3v) is 3.92. The molecule has 1 aromatic carbocycles. The Labute approximate surface area is 111 Å². The molecule has 0 heterocycles. The van der Waals surface area contributed by atoms with Crippen molar-refractivity contribution in [2.24, 2.45) is 5.92 Å². The van der Waals surface area contributed by atoms with Crippen LogP contribution in [0.25, 0.3) is 0 Å². The fourth-order valence-corrected chi connectivity index (χ4v) is 2.90. The molecule has 1 amide bonds. The number of nitrogens with zero attached hydrogens (tertiary/aromatic N) is 1. The highest BCUT2D eigenvalue weighted by molar-refractivity contribution is 9.10. The maximum Gasteiger partial charge on any atom is 0.253 e. The minimum absolute atomic E-state index is 0.123. The van der Waals surface area contributed by atoms with Crippen LogP contribution >= 0.6 is 15.9 Å². The number of rotatable bonds is 3. The van der Waals surface area contributed by atoms with E-state index in [1.807, 2.05) is 36.2 Å². The van der Waals surface area contributed by atoms with Crippen LogP contribution in [0.15, 0.2) is 28.7 Å². The first-order valence-corrected chi connectivity index (χ1v) is 6.97. The van der Waals surface area contributed by atoms with Crippen LogP contribution in [0.4, 0.5) is 0 Å². The summed E-state index contributed by atoms with van der Waals surface area (Å²) in [4.78, 5) is 14.0. The van der Waals surface area contributed by atoms with E-state index >= 15 is 0 Å². The van der Waals surface area contributed by atoms with Gasteiger partial charge in [-0.2, -0.15) is 0 Å². The lowest BCUT2D eigenvalue weighted by molar-refractivity contribution is 0.0773. The Hall–Kier alpha value is -0.830. The van der Waals surface area contributed by atoms with Crippen LogP contribution in [0.1, 0.15) is 36.0 Å². The zero-order valence-electron chi connectivity index (χ0n) is 10.2. The van der Waals surface area contributed by atoms with E-state index in [0.29, 0.717) is 5.92 Å². The zero-order valence-corrected chi connectivity index (χ0v) is 11.7. The van der Waals surface area contributed by atoms with Gasteiger partial charge in [0.25, 0.3) is 5.91 Å². The average molecular weight is 296 g/mol. The fourth-order valence-electron chi connectivity index (χ4n) is 2.51. The lowest BCUT2D eigenvalue weighted by Gasteiger charge is -2.21. The van der Waals surface area contributed by atoms with Gasteiger partial charge in [-0.25, -0.2) is 0 Å². The molecule has 0 aliphatic heterocycles. The van der Waals surface area contributed by atoms with Gasteiger partial charge in [0.1, 0.15) is 0 Å². The molecule has 0 N–H and O–H groups in total. The van der Waals surface area contributed by atoms with Crippen molar-refractivity contribution in [3.05, 3.63) is 34.3 Å². The number of benzene rings is 1. The molecule has 1 saturated carbocycles. The summed E-state index contributed by atoms with van der Waals surface area (Å²) in [6, 6.07) is 7.60. The number of halogens is 1. The van der Waals surface area contributed by atoms with Crippen LogP contribution in [0.2, 0.25) is 0 Å². The largest absolute Gasteiger partial charge is 0.341 e. The topological polar surface area (TPSA) is 20.3 Å². The van der Waals surface area contributed by atoms with Crippen molar-refractivity contribution in [2.45, 2.75) is 25.7 Å². The second kappa shape index (κ2) is 5.67. The Balaban J connectivity index is 1.98. The normalized spacial score (nSPS) is 16.1. The van der Waals surface area contributed by atoms with E-state index in [9.17, 15) is 4.79 Å². The Kier molecular flexibility index (Phi) is 4.21. The molecule has 0 spiro atoms. The predicted octanol–water partition coefficient (Wildman–Crippen LogP) is 3.71. The van der Waals surface area contributed by atoms with Crippen molar-refractivity contribution in [3.8, 4) is 0 Å². The summed E-state index contributed by atoms with van der Waals surface area (Å²) in [5.74, 6) is 0.828. The standard InChI is InChI=1S/C14H18BrNO/c1-16(10-11-5-2-3-6-11)14(17)12-7-4-8-13(15)9-12/h4,7-9,11H,2-3,5-6,10H2,1H3. The van der Waals surface area contributed by atoms with Crippen molar-refractivity contribution >= 4 is 21.8 Å². The van der Waals surface area contributed by atoms with Crippen molar-refractivity contribution in [2.75, 3.05) is 13.6 Å². The van der Waals surface area contributed by atoms with E-state index in [1.165, 1.54) is 25.7 Å². The van der Waals surface area contributed by atoms with Crippen molar-refractivity contribution in [1.82, 2.24) is 4.90 Å². The van der Waals surface area contributed by atoms with Gasteiger partial charge in [0.15, 0.2) is 0 Å². The summed E-state index contributed by atoms with van der Waals surface area (Å²) >= 11 is 3.40. The quantitative estimate of drug-likeness (QED) is 0.832. The smallest absolute Gasteiger partial charge is 0.253 e. The molecule has 3 heteroatoms. The Bertz CT molecular complexity index is 399. The van der Waals surface area contributed by atoms with Gasteiger partial charge in [-0.15, -0.1) is 0 Å². The van der Waals surface area contributed by atoms with Crippen LogP contribution in [0.5, 0.6) is 0 Å². The SMILES string of the molecule is CN(CC1CCCC1)C(=O)c1cccc(Br)c1. The van der Waals surface area contributed by atoms with Gasteiger partial charge in [-0.1, -0.05) is 34.8 Å². The monoisotopic (exact) mass is 295 g/mol. The third-order valence-electron chi connectivity index (χ3n) is 3.43. The summed E-state index contributed by atoms with van der Waals surface area (Å²) in [5, 5.41) is 0. The van der Waals surface area contributed by atoms with Crippen LogP contribution in [0.3, 0.4) is 0 Å². The van der Waals surface area contributed by atoms with Crippen molar-refractivity contribution < 1.29 is 4.79 Å². The van der Waals surface area contributed by atoms with E-state index in [0.717, 1.165) is 16.6 Å². The third kappa shape index (κ3) is 3.32. The molecule has 0 bridgehead atoms. The van der Waals surface area contributed by atoms with E-state index in [-0.39, 0.29) is 5.91 Å². The van der Waals surface area contributed by atoms with Crippen LogP contribution < -0.4 is 0 Å². The highest BCUT2D eigenvalue weighted by atomic mass is 79.9. The van der Waals surface area contributed by atoms with Gasteiger partial charge in [-0.05, 0) is 37.0 Å². The number of carbonyl (C=O) groups is 1. The van der Waals surface area contributed by atoms with E-state index in [1.54, 1.807) is 0 Å². The minimum atomic E-state index is 0.123. The molecule has 2 rings (SSSR count). The molecule has 1 aliphatic rings. The van der Waals surface area contributed by atoms with E-state index < -0.39 is 0 Å². The van der Waals surface area contributed by atoms with Gasteiger partial charge in [0, 0.05) is 23.6 Å². The van der Waals surface area contributed by atoms with Gasteiger partial charge in [-0.3, -0.25) is 4.79 Å². The number of carbonyl (C=O) groups excluding carboxylic acids is 1. The molecule has 1 aliphatic carbocycles. The molecule has 1 fully saturated rings. The van der Waals surface area contributed by atoms with Gasteiger partial charge < -0.3 is 4.90 Å². The maximum absolute atomic E-state index is 12.2.